The fourth-order valence-electron chi connectivity index (χ4n) is 2.58. The highest BCUT2D eigenvalue weighted by molar-refractivity contribution is 4.85. The van der Waals surface area contributed by atoms with E-state index in [0.29, 0.717) is 18.1 Å². The first-order chi connectivity index (χ1) is 5.52. The second-order valence-corrected chi connectivity index (χ2v) is 4.36. The van der Waals surface area contributed by atoms with Crippen molar-refractivity contribution in [1.82, 2.24) is 4.90 Å². The first-order valence-electron chi connectivity index (χ1n) is 4.98. The molecule has 0 aromatic rings. The van der Waals surface area contributed by atoms with E-state index in [1.807, 2.05) is 0 Å². The van der Waals surface area contributed by atoms with Crippen LogP contribution < -0.4 is 0 Å². The van der Waals surface area contributed by atoms with Crippen molar-refractivity contribution in [3.63, 3.8) is 0 Å². The van der Waals surface area contributed by atoms with Gasteiger partial charge in [-0.1, -0.05) is 0 Å². The van der Waals surface area contributed by atoms with Crippen LogP contribution in [0.1, 0.15) is 40.5 Å². The van der Waals surface area contributed by atoms with Crippen molar-refractivity contribution in [2.24, 2.45) is 0 Å². The van der Waals surface area contributed by atoms with Gasteiger partial charge < -0.3 is 5.11 Å². The zero-order valence-corrected chi connectivity index (χ0v) is 8.62. The molecule has 0 amide bonds. The van der Waals surface area contributed by atoms with Crippen molar-refractivity contribution in [1.29, 1.82) is 0 Å². The Balaban J connectivity index is 2.60. The highest BCUT2D eigenvalue weighted by Gasteiger charge is 2.30. The predicted molar refractivity (Wildman–Crippen MR) is 51.1 cm³/mol. The molecule has 1 rings (SSSR count). The Hall–Kier alpha value is -0.0800. The van der Waals surface area contributed by atoms with Crippen molar-refractivity contribution in [3.8, 4) is 0 Å². The smallest absolute Gasteiger partial charge is 0.0569 e. The van der Waals surface area contributed by atoms with Gasteiger partial charge in [0.1, 0.15) is 0 Å². The van der Waals surface area contributed by atoms with E-state index >= 15 is 0 Å². The molecule has 72 valence electrons. The molecule has 0 radical (unpaired) electrons. The summed E-state index contributed by atoms with van der Waals surface area (Å²) < 4.78 is 0. The molecular formula is C10H21NO. The van der Waals surface area contributed by atoms with Crippen molar-refractivity contribution in [3.05, 3.63) is 0 Å². The quantitative estimate of drug-likeness (QED) is 0.648. The van der Waals surface area contributed by atoms with Gasteiger partial charge >= 0.3 is 0 Å². The van der Waals surface area contributed by atoms with Gasteiger partial charge in [-0.05, 0) is 40.5 Å². The Kier molecular flexibility index (Phi) is 3.13. The van der Waals surface area contributed by atoms with Crippen LogP contribution in [0.25, 0.3) is 0 Å². The molecule has 2 atom stereocenters. The van der Waals surface area contributed by atoms with Gasteiger partial charge in [-0.25, -0.2) is 0 Å². The summed E-state index contributed by atoms with van der Waals surface area (Å²) in [5.74, 6) is 0. The van der Waals surface area contributed by atoms with Gasteiger partial charge in [0.15, 0.2) is 0 Å². The molecule has 1 aliphatic heterocycles. The normalized spacial score (nSPS) is 39.0. The molecule has 1 fully saturated rings. The van der Waals surface area contributed by atoms with Crippen LogP contribution in [0.4, 0.5) is 0 Å². The maximum atomic E-state index is 9.52. The lowest BCUT2D eigenvalue weighted by atomic mass is 9.93. The van der Waals surface area contributed by atoms with Crippen molar-refractivity contribution < 1.29 is 5.11 Å². The van der Waals surface area contributed by atoms with Gasteiger partial charge in [0.05, 0.1) is 6.10 Å². The standard InChI is InChI=1S/C10H21NO/c1-7(2)11-8(3)5-10(12)6-9(11)4/h7-10,12H,5-6H2,1-4H3/t8-,9-/m1/s1. The van der Waals surface area contributed by atoms with E-state index in [2.05, 4.69) is 32.6 Å². The van der Waals surface area contributed by atoms with Crippen LogP contribution in [0.2, 0.25) is 0 Å². The number of nitrogens with zero attached hydrogens (tertiary/aromatic N) is 1. The topological polar surface area (TPSA) is 23.5 Å². The van der Waals surface area contributed by atoms with Gasteiger partial charge in [0.25, 0.3) is 0 Å². The molecule has 0 aromatic heterocycles. The van der Waals surface area contributed by atoms with E-state index in [1.54, 1.807) is 0 Å². The van der Waals surface area contributed by atoms with Crippen molar-refractivity contribution >= 4 is 0 Å². The molecule has 1 saturated heterocycles. The van der Waals surface area contributed by atoms with Crippen LogP contribution in [-0.4, -0.2) is 34.2 Å². The second-order valence-electron chi connectivity index (χ2n) is 4.36. The average Bonchev–Trinajstić information content (AvgIpc) is 1.82. The van der Waals surface area contributed by atoms with Crippen LogP contribution in [0.5, 0.6) is 0 Å². The number of aliphatic hydroxyl groups is 1. The van der Waals surface area contributed by atoms with E-state index in [0.717, 1.165) is 12.8 Å². The number of aliphatic hydroxyl groups excluding tert-OH is 1. The summed E-state index contributed by atoms with van der Waals surface area (Å²) in [4.78, 5) is 2.49. The Morgan fingerprint density at radius 3 is 1.92 bits per heavy atom. The summed E-state index contributed by atoms with van der Waals surface area (Å²) >= 11 is 0. The van der Waals surface area contributed by atoms with Crippen molar-refractivity contribution in [2.45, 2.75) is 64.8 Å². The first kappa shape index (κ1) is 10.0. The Morgan fingerprint density at radius 1 is 1.17 bits per heavy atom. The lowest BCUT2D eigenvalue weighted by Crippen LogP contribution is -2.51. The van der Waals surface area contributed by atoms with Crippen LogP contribution in [0.15, 0.2) is 0 Å². The van der Waals surface area contributed by atoms with Crippen LogP contribution in [0, 0.1) is 0 Å². The molecule has 0 aliphatic carbocycles. The van der Waals surface area contributed by atoms with E-state index in [9.17, 15) is 5.11 Å². The van der Waals surface area contributed by atoms with Crippen LogP contribution in [0.3, 0.4) is 0 Å². The molecule has 2 heteroatoms. The zero-order valence-electron chi connectivity index (χ0n) is 8.62. The highest BCUT2D eigenvalue weighted by atomic mass is 16.3. The molecule has 0 saturated carbocycles. The monoisotopic (exact) mass is 171 g/mol. The zero-order chi connectivity index (χ0) is 9.30. The maximum Gasteiger partial charge on any atom is 0.0569 e. The van der Waals surface area contributed by atoms with Gasteiger partial charge in [-0.15, -0.1) is 0 Å². The summed E-state index contributed by atoms with van der Waals surface area (Å²) in [5, 5.41) is 9.52. The van der Waals surface area contributed by atoms with Gasteiger partial charge in [-0.3, -0.25) is 4.90 Å². The third-order valence-electron chi connectivity index (χ3n) is 2.84. The van der Waals surface area contributed by atoms with E-state index in [1.165, 1.54) is 0 Å². The van der Waals surface area contributed by atoms with E-state index < -0.39 is 0 Å². The molecule has 1 heterocycles. The number of rotatable bonds is 1. The Bertz CT molecular complexity index is 135. The minimum Gasteiger partial charge on any atom is -0.393 e. The molecule has 0 spiro atoms. The summed E-state index contributed by atoms with van der Waals surface area (Å²) in [6, 6.07) is 1.66. The molecule has 2 nitrogen and oxygen atoms in total. The minimum atomic E-state index is -0.0787. The molecular weight excluding hydrogens is 150 g/mol. The largest absolute Gasteiger partial charge is 0.393 e. The Labute approximate surface area is 75.6 Å². The Morgan fingerprint density at radius 2 is 1.58 bits per heavy atom. The van der Waals surface area contributed by atoms with E-state index in [-0.39, 0.29) is 6.10 Å². The third-order valence-corrected chi connectivity index (χ3v) is 2.84. The molecule has 1 N–H and O–H groups in total. The molecule has 0 aromatic carbocycles. The minimum absolute atomic E-state index is 0.0787. The number of hydrogen-bond acceptors (Lipinski definition) is 2. The molecule has 0 bridgehead atoms. The summed E-state index contributed by atoms with van der Waals surface area (Å²) in [6.45, 7) is 8.87. The predicted octanol–water partition coefficient (Wildman–Crippen LogP) is 1.63. The molecule has 12 heavy (non-hydrogen) atoms. The second kappa shape index (κ2) is 3.75. The average molecular weight is 171 g/mol. The summed E-state index contributed by atoms with van der Waals surface area (Å²) in [5.41, 5.74) is 0. The lowest BCUT2D eigenvalue weighted by molar-refractivity contribution is -0.00378. The number of piperidine rings is 1. The number of likely N-dealkylation sites (tertiary alicyclic amines) is 1. The van der Waals surface area contributed by atoms with Crippen LogP contribution in [-0.2, 0) is 0 Å². The number of hydrogen-bond donors (Lipinski definition) is 1. The first-order valence-corrected chi connectivity index (χ1v) is 4.98. The maximum absolute atomic E-state index is 9.52. The highest BCUT2D eigenvalue weighted by Crippen LogP contribution is 2.24. The van der Waals surface area contributed by atoms with E-state index in [4.69, 9.17) is 0 Å². The SMILES string of the molecule is CC(C)N1[C@H](C)CC(O)C[C@H]1C. The molecule has 0 unspecified atom stereocenters. The van der Waals surface area contributed by atoms with Gasteiger partial charge in [0, 0.05) is 18.1 Å². The third kappa shape index (κ3) is 1.99. The van der Waals surface area contributed by atoms with Gasteiger partial charge in [0.2, 0.25) is 0 Å². The van der Waals surface area contributed by atoms with Gasteiger partial charge in [-0.2, -0.15) is 0 Å². The summed E-state index contributed by atoms with van der Waals surface area (Å²) in [7, 11) is 0. The fraction of sp³-hybridized carbons (Fsp3) is 1.00. The summed E-state index contributed by atoms with van der Waals surface area (Å²) in [6.07, 6.45) is 1.79. The lowest BCUT2D eigenvalue weighted by Gasteiger charge is -2.43. The fourth-order valence-corrected chi connectivity index (χ4v) is 2.58. The van der Waals surface area contributed by atoms with Crippen molar-refractivity contribution in [2.75, 3.05) is 0 Å². The van der Waals surface area contributed by atoms with Crippen LogP contribution >= 0.6 is 0 Å². The molecule has 1 aliphatic rings.